The summed E-state index contributed by atoms with van der Waals surface area (Å²) in [6, 6.07) is 5.94. The molecule has 3 heterocycles. The van der Waals surface area contributed by atoms with E-state index in [0.29, 0.717) is 40.3 Å². The number of halogens is 1. The highest BCUT2D eigenvalue weighted by Gasteiger charge is 2.19. The van der Waals surface area contributed by atoms with Crippen LogP contribution >= 0.6 is 22.9 Å². The van der Waals surface area contributed by atoms with Crippen LogP contribution in [0.1, 0.15) is 26.4 Å². The predicted molar refractivity (Wildman–Crippen MR) is 128 cm³/mol. The van der Waals surface area contributed by atoms with Crippen LogP contribution in [0.3, 0.4) is 0 Å². The summed E-state index contributed by atoms with van der Waals surface area (Å²) in [5.74, 6) is 0.665. The lowest BCUT2D eigenvalue weighted by atomic mass is 10.0. The van der Waals surface area contributed by atoms with Gasteiger partial charge in [-0.2, -0.15) is 4.98 Å². The highest BCUT2D eigenvalue weighted by atomic mass is 35.5. The summed E-state index contributed by atoms with van der Waals surface area (Å²) in [5, 5.41) is 11.2. The van der Waals surface area contributed by atoms with Gasteiger partial charge in [-0.05, 0) is 47.5 Å². The third-order valence-corrected chi connectivity index (χ3v) is 6.72. The van der Waals surface area contributed by atoms with Gasteiger partial charge in [0.25, 0.3) is 5.91 Å². The molecular formula is C22H23ClN6O2S. The van der Waals surface area contributed by atoms with E-state index in [1.54, 1.807) is 11.9 Å². The molecule has 0 fully saturated rings. The minimum Gasteiger partial charge on any atom is -0.354 e. The number of aromatic nitrogens is 2. The number of likely N-dealkylation sites (N-methyl/N-ethyl adjacent to an activating group) is 1. The van der Waals surface area contributed by atoms with E-state index in [1.165, 1.54) is 23.1 Å². The van der Waals surface area contributed by atoms with E-state index < -0.39 is 0 Å². The summed E-state index contributed by atoms with van der Waals surface area (Å²) in [5.41, 5.74) is 4.53. The molecule has 8 nitrogen and oxygen atoms in total. The smallest absolute Gasteiger partial charge is 0.263 e. The number of aryl methyl sites for hydroxylation is 1. The number of nitrogens with one attached hydrogen (secondary N) is 3. The van der Waals surface area contributed by atoms with Gasteiger partial charge in [0, 0.05) is 26.3 Å². The van der Waals surface area contributed by atoms with Crippen LogP contribution in [-0.2, 0) is 17.6 Å². The van der Waals surface area contributed by atoms with Crippen molar-refractivity contribution < 1.29 is 9.59 Å². The number of thiophene rings is 1. The molecule has 2 amide bonds. The number of nitrogens with zero attached hydrogens (tertiary/aromatic N) is 3. The number of fused-ring (bicyclic) bond motifs is 1. The van der Waals surface area contributed by atoms with Crippen LogP contribution in [0, 0.1) is 6.92 Å². The Morgan fingerprint density at radius 3 is 2.84 bits per heavy atom. The van der Waals surface area contributed by atoms with Crippen molar-refractivity contribution in [3.8, 4) is 0 Å². The summed E-state index contributed by atoms with van der Waals surface area (Å²) in [4.78, 5) is 35.5. The van der Waals surface area contributed by atoms with Gasteiger partial charge in [0.1, 0.15) is 9.90 Å². The van der Waals surface area contributed by atoms with Crippen molar-refractivity contribution in [1.29, 1.82) is 0 Å². The molecule has 0 aliphatic carbocycles. The first-order chi connectivity index (χ1) is 15.4. The Hall–Kier alpha value is -3.17. The first-order valence-electron chi connectivity index (χ1n) is 10.1. The molecule has 0 saturated heterocycles. The fourth-order valence-corrected chi connectivity index (χ4v) is 4.56. The van der Waals surface area contributed by atoms with Gasteiger partial charge < -0.3 is 20.9 Å². The Labute approximate surface area is 195 Å². The second-order valence-electron chi connectivity index (χ2n) is 7.57. The Morgan fingerprint density at radius 2 is 2.06 bits per heavy atom. The Bertz CT molecular complexity index is 1200. The van der Waals surface area contributed by atoms with Crippen molar-refractivity contribution in [2.24, 2.45) is 0 Å². The third kappa shape index (κ3) is 4.53. The van der Waals surface area contributed by atoms with Crippen LogP contribution in [0.2, 0.25) is 5.02 Å². The van der Waals surface area contributed by atoms with E-state index in [2.05, 4.69) is 25.9 Å². The molecule has 4 rings (SSSR count). The zero-order chi connectivity index (χ0) is 22.8. The number of carbonyl (C=O) groups is 2. The van der Waals surface area contributed by atoms with Gasteiger partial charge in [-0.1, -0.05) is 17.7 Å². The van der Waals surface area contributed by atoms with Crippen molar-refractivity contribution in [3.63, 3.8) is 0 Å². The molecule has 10 heteroatoms. The topological polar surface area (TPSA) is 99.2 Å². The van der Waals surface area contributed by atoms with Gasteiger partial charge in [0.05, 0.1) is 18.3 Å². The van der Waals surface area contributed by atoms with E-state index in [0.717, 1.165) is 23.2 Å². The summed E-state index contributed by atoms with van der Waals surface area (Å²) >= 11 is 7.67. The van der Waals surface area contributed by atoms with Crippen molar-refractivity contribution >= 4 is 57.9 Å². The van der Waals surface area contributed by atoms with E-state index in [9.17, 15) is 9.59 Å². The standard InChI is InChI=1S/C22H23ClN6O2S/c1-12-11-32-19(21(31)24-2)18(12)27-20-16(23)10-25-22(28-20)26-15-5-4-13-6-7-29(3)17(30)9-14(13)8-15/h4-5,8,10-11H,6-7,9H2,1-3H3,(H,24,31)(H2,25,26,27,28). The lowest BCUT2D eigenvalue weighted by molar-refractivity contribution is -0.128. The van der Waals surface area contributed by atoms with Crippen LogP contribution < -0.4 is 16.0 Å². The van der Waals surface area contributed by atoms with Crippen molar-refractivity contribution in [2.75, 3.05) is 31.3 Å². The second kappa shape index (κ2) is 9.13. The molecule has 0 unspecified atom stereocenters. The molecule has 3 N–H and O–H groups in total. The van der Waals surface area contributed by atoms with Gasteiger partial charge in [-0.25, -0.2) is 4.98 Å². The summed E-state index contributed by atoms with van der Waals surface area (Å²) in [7, 11) is 3.42. The fraction of sp³-hybridized carbons (Fsp3) is 0.273. The number of benzene rings is 1. The van der Waals surface area contributed by atoms with E-state index in [1.807, 2.05) is 37.6 Å². The molecule has 166 valence electrons. The highest BCUT2D eigenvalue weighted by Crippen LogP contribution is 2.33. The normalized spacial score (nSPS) is 13.4. The van der Waals surface area contributed by atoms with Gasteiger partial charge in [-0.15, -0.1) is 11.3 Å². The Balaban J connectivity index is 1.58. The third-order valence-electron chi connectivity index (χ3n) is 5.34. The van der Waals surface area contributed by atoms with Gasteiger partial charge in [-0.3, -0.25) is 9.59 Å². The number of hydrogen-bond donors (Lipinski definition) is 3. The van der Waals surface area contributed by atoms with Gasteiger partial charge >= 0.3 is 0 Å². The van der Waals surface area contributed by atoms with Gasteiger partial charge in [0.15, 0.2) is 5.82 Å². The SMILES string of the molecule is CNC(=O)c1scc(C)c1Nc1nc(Nc2ccc3c(c2)CC(=O)N(C)CC3)ncc1Cl. The zero-order valence-corrected chi connectivity index (χ0v) is 19.5. The Kier molecular flexibility index (Phi) is 6.29. The maximum Gasteiger partial charge on any atom is 0.263 e. The lowest BCUT2D eigenvalue weighted by Gasteiger charge is -2.13. The molecular weight excluding hydrogens is 448 g/mol. The van der Waals surface area contributed by atoms with Gasteiger partial charge in [0.2, 0.25) is 11.9 Å². The van der Waals surface area contributed by atoms with Crippen LogP contribution in [0.4, 0.5) is 23.1 Å². The zero-order valence-electron chi connectivity index (χ0n) is 18.0. The van der Waals surface area contributed by atoms with Crippen LogP contribution in [0.15, 0.2) is 29.8 Å². The molecule has 1 aliphatic heterocycles. The first kappa shape index (κ1) is 22.0. The maximum absolute atomic E-state index is 12.2. The van der Waals surface area contributed by atoms with Crippen molar-refractivity contribution in [1.82, 2.24) is 20.2 Å². The number of amides is 2. The van der Waals surface area contributed by atoms with Crippen molar-refractivity contribution in [3.05, 3.63) is 56.4 Å². The number of rotatable bonds is 5. The maximum atomic E-state index is 12.2. The average molecular weight is 471 g/mol. The minimum atomic E-state index is -0.181. The molecule has 32 heavy (non-hydrogen) atoms. The molecule has 0 spiro atoms. The van der Waals surface area contributed by atoms with Crippen molar-refractivity contribution in [2.45, 2.75) is 19.8 Å². The molecule has 0 radical (unpaired) electrons. The summed E-state index contributed by atoms with van der Waals surface area (Å²) in [6.07, 6.45) is 2.70. The largest absolute Gasteiger partial charge is 0.354 e. The molecule has 2 aromatic heterocycles. The quantitative estimate of drug-likeness (QED) is 0.523. The first-order valence-corrected chi connectivity index (χ1v) is 11.3. The number of hydrogen-bond acceptors (Lipinski definition) is 7. The van der Waals surface area contributed by atoms with E-state index in [-0.39, 0.29) is 11.8 Å². The molecule has 0 saturated carbocycles. The second-order valence-corrected chi connectivity index (χ2v) is 8.85. The minimum absolute atomic E-state index is 0.105. The van der Waals surface area contributed by atoms with Crippen LogP contribution in [0.5, 0.6) is 0 Å². The van der Waals surface area contributed by atoms with Crippen LogP contribution in [0.25, 0.3) is 0 Å². The Morgan fingerprint density at radius 1 is 1.25 bits per heavy atom. The molecule has 0 bridgehead atoms. The summed E-state index contributed by atoms with van der Waals surface area (Å²) < 4.78 is 0. The van der Waals surface area contributed by atoms with E-state index >= 15 is 0 Å². The molecule has 1 aliphatic rings. The summed E-state index contributed by atoms with van der Waals surface area (Å²) in [6.45, 7) is 2.63. The molecule has 1 aromatic carbocycles. The fourth-order valence-electron chi connectivity index (χ4n) is 3.47. The van der Waals surface area contributed by atoms with E-state index in [4.69, 9.17) is 11.6 Å². The number of carbonyl (C=O) groups excluding carboxylic acids is 2. The lowest BCUT2D eigenvalue weighted by Crippen LogP contribution is -2.27. The molecule has 0 atom stereocenters. The monoisotopic (exact) mass is 470 g/mol. The number of anilines is 4. The van der Waals surface area contributed by atoms with Crippen LogP contribution in [-0.4, -0.2) is 47.3 Å². The highest BCUT2D eigenvalue weighted by molar-refractivity contribution is 7.12. The average Bonchev–Trinajstić information content (AvgIpc) is 3.07. The predicted octanol–water partition coefficient (Wildman–Crippen LogP) is 3.90. The molecule has 3 aromatic rings.